The van der Waals surface area contributed by atoms with Crippen molar-refractivity contribution in [3.63, 3.8) is 0 Å². The van der Waals surface area contributed by atoms with Gasteiger partial charge in [0.1, 0.15) is 0 Å². The molecule has 0 aliphatic carbocycles. The number of benzene rings is 4. The monoisotopic (exact) mass is 468 g/mol. The van der Waals surface area contributed by atoms with Crippen molar-refractivity contribution in [1.82, 2.24) is 0 Å². The minimum atomic E-state index is -0.928. The highest BCUT2D eigenvalue weighted by Crippen LogP contribution is 2.30. The molecule has 0 N–H and O–H groups in total. The van der Waals surface area contributed by atoms with Crippen LogP contribution >= 0.6 is 0 Å². The Bertz CT molecular complexity index is 1260. The highest BCUT2D eigenvalue weighted by molar-refractivity contribution is 5.66. The second kappa shape index (κ2) is 11.6. The minimum absolute atomic E-state index is 0.0314. The highest BCUT2D eigenvalue weighted by Gasteiger charge is 2.15. The summed E-state index contributed by atoms with van der Waals surface area (Å²) in [4.78, 5) is 0. The molecular formula is C32H30F2O. The minimum Gasteiger partial charge on any atom is -0.490 e. The van der Waals surface area contributed by atoms with Crippen LogP contribution in [0.5, 0.6) is 5.75 Å². The van der Waals surface area contributed by atoms with Crippen LogP contribution in [0.1, 0.15) is 36.5 Å². The van der Waals surface area contributed by atoms with Gasteiger partial charge in [-0.15, -0.1) is 0 Å². The van der Waals surface area contributed by atoms with Gasteiger partial charge in [-0.05, 0) is 64.8 Å². The van der Waals surface area contributed by atoms with Crippen molar-refractivity contribution in [3.05, 3.63) is 120 Å². The van der Waals surface area contributed by atoms with E-state index >= 15 is 0 Å². The van der Waals surface area contributed by atoms with Gasteiger partial charge in [-0.25, -0.2) is 4.39 Å². The summed E-state index contributed by atoms with van der Waals surface area (Å²) >= 11 is 0. The second-order valence-electron chi connectivity index (χ2n) is 8.66. The second-order valence-corrected chi connectivity index (χ2v) is 8.66. The Labute approximate surface area is 206 Å². The number of halogens is 2. The first-order valence-corrected chi connectivity index (χ1v) is 12.1. The maximum Gasteiger partial charge on any atom is 0.201 e. The predicted molar refractivity (Wildman–Crippen MR) is 142 cm³/mol. The van der Waals surface area contributed by atoms with Crippen molar-refractivity contribution in [2.24, 2.45) is 0 Å². The first kappa shape index (κ1) is 24.4. The van der Waals surface area contributed by atoms with E-state index in [4.69, 9.17) is 4.74 Å². The normalized spacial score (nSPS) is 10.8. The van der Waals surface area contributed by atoms with Crippen LogP contribution in [0.15, 0.2) is 91.5 Å². The Hall–Kier alpha value is -3.72. The number of rotatable bonds is 10. The molecule has 0 aliphatic rings. The molecule has 0 saturated heterocycles. The number of unbranched alkanes of at least 4 members (excludes halogenated alkanes) is 1. The number of hydrogen-bond acceptors (Lipinski definition) is 1. The van der Waals surface area contributed by atoms with Crippen molar-refractivity contribution < 1.29 is 13.5 Å². The predicted octanol–water partition coefficient (Wildman–Crippen LogP) is 8.91. The molecule has 1 nitrogen and oxygen atoms in total. The van der Waals surface area contributed by atoms with E-state index in [0.717, 1.165) is 36.8 Å². The van der Waals surface area contributed by atoms with Gasteiger partial charge in [0.05, 0.1) is 6.61 Å². The van der Waals surface area contributed by atoms with Gasteiger partial charge in [-0.2, -0.15) is 4.39 Å². The summed E-state index contributed by atoms with van der Waals surface area (Å²) in [5, 5.41) is 0. The molecule has 0 fully saturated rings. The van der Waals surface area contributed by atoms with Gasteiger partial charge >= 0.3 is 0 Å². The zero-order valence-electron chi connectivity index (χ0n) is 20.1. The number of aryl methyl sites for hydroxylation is 2. The fourth-order valence-electron chi connectivity index (χ4n) is 4.01. The van der Waals surface area contributed by atoms with E-state index in [2.05, 4.69) is 55.1 Å². The van der Waals surface area contributed by atoms with E-state index in [1.165, 1.54) is 22.8 Å². The summed E-state index contributed by atoms with van der Waals surface area (Å²) in [6, 6.07) is 27.7. The molecule has 0 atom stereocenters. The average molecular weight is 469 g/mol. The van der Waals surface area contributed by atoms with Crippen molar-refractivity contribution in [2.75, 3.05) is 6.61 Å². The molecule has 4 rings (SSSR count). The molecular weight excluding hydrogens is 438 g/mol. The van der Waals surface area contributed by atoms with Crippen LogP contribution in [0, 0.1) is 11.6 Å². The first-order valence-electron chi connectivity index (χ1n) is 12.1. The zero-order chi connectivity index (χ0) is 24.6. The lowest BCUT2D eigenvalue weighted by molar-refractivity contribution is 0.289. The van der Waals surface area contributed by atoms with E-state index in [0.29, 0.717) is 12.2 Å². The number of hydrogen-bond donors (Lipinski definition) is 0. The molecule has 0 spiro atoms. The van der Waals surface area contributed by atoms with Gasteiger partial charge in [-0.1, -0.05) is 98.8 Å². The average Bonchev–Trinajstić information content (AvgIpc) is 2.91. The van der Waals surface area contributed by atoms with Gasteiger partial charge in [0.25, 0.3) is 0 Å². The molecule has 0 heterocycles. The van der Waals surface area contributed by atoms with Crippen LogP contribution in [-0.2, 0) is 12.8 Å². The van der Waals surface area contributed by atoms with E-state index in [-0.39, 0.29) is 11.3 Å². The topological polar surface area (TPSA) is 9.23 Å². The summed E-state index contributed by atoms with van der Waals surface area (Å²) in [5.74, 6) is -1.83. The smallest absolute Gasteiger partial charge is 0.201 e. The van der Waals surface area contributed by atoms with Crippen molar-refractivity contribution in [1.29, 1.82) is 0 Å². The fraction of sp³-hybridized carbons (Fsp3) is 0.188. The molecule has 0 unspecified atom stereocenters. The highest BCUT2D eigenvalue weighted by atomic mass is 19.2. The summed E-state index contributed by atoms with van der Waals surface area (Å²) < 4.78 is 34.5. The van der Waals surface area contributed by atoms with Gasteiger partial charge in [0.2, 0.25) is 5.82 Å². The summed E-state index contributed by atoms with van der Waals surface area (Å²) in [5.41, 5.74) is 6.78. The SMILES string of the molecule is C=Cc1ccc(-c2ccc(CCc3ccc(-c4ccc(OCCCC)c(F)c4F)cc3)cc2)cc1. The van der Waals surface area contributed by atoms with E-state index < -0.39 is 11.6 Å². The summed E-state index contributed by atoms with van der Waals surface area (Å²) in [6.45, 7) is 6.20. The molecule has 0 amide bonds. The Morgan fingerprint density at radius 3 is 1.77 bits per heavy atom. The fourth-order valence-corrected chi connectivity index (χ4v) is 4.01. The van der Waals surface area contributed by atoms with Crippen LogP contribution in [0.4, 0.5) is 8.78 Å². The molecule has 0 saturated carbocycles. The lowest BCUT2D eigenvalue weighted by Crippen LogP contribution is -2.01. The van der Waals surface area contributed by atoms with E-state index in [1.807, 2.05) is 37.3 Å². The van der Waals surface area contributed by atoms with Crippen molar-refractivity contribution >= 4 is 6.08 Å². The molecule has 0 aromatic heterocycles. The van der Waals surface area contributed by atoms with Gasteiger partial charge < -0.3 is 4.74 Å². The van der Waals surface area contributed by atoms with E-state index in [1.54, 1.807) is 6.07 Å². The quantitative estimate of drug-likeness (QED) is 0.211. The third kappa shape index (κ3) is 6.05. The third-order valence-electron chi connectivity index (χ3n) is 6.20. The summed E-state index contributed by atoms with van der Waals surface area (Å²) in [7, 11) is 0. The van der Waals surface area contributed by atoms with Crippen molar-refractivity contribution in [3.8, 4) is 28.0 Å². The van der Waals surface area contributed by atoms with Crippen LogP contribution in [-0.4, -0.2) is 6.61 Å². The van der Waals surface area contributed by atoms with Crippen LogP contribution in [0.2, 0.25) is 0 Å². The first-order chi connectivity index (χ1) is 17.1. The Morgan fingerprint density at radius 1 is 0.686 bits per heavy atom. The molecule has 4 aromatic rings. The standard InChI is InChI=1S/C32H30F2O/c1-3-5-22-35-30-21-20-29(31(33)32(30)34)28-18-12-25(13-19-28)7-6-24-10-16-27(17-11-24)26-14-8-23(4-2)9-15-26/h4,8-21H,2-3,5-7,22H2,1H3. The van der Waals surface area contributed by atoms with Gasteiger partial charge in [-0.3, -0.25) is 0 Å². The lowest BCUT2D eigenvalue weighted by Gasteiger charge is -2.11. The Balaban J connectivity index is 1.38. The molecule has 178 valence electrons. The molecule has 0 radical (unpaired) electrons. The Morgan fingerprint density at radius 2 is 1.23 bits per heavy atom. The van der Waals surface area contributed by atoms with Crippen molar-refractivity contribution in [2.45, 2.75) is 32.6 Å². The van der Waals surface area contributed by atoms with E-state index in [9.17, 15) is 8.78 Å². The lowest BCUT2D eigenvalue weighted by atomic mass is 9.98. The molecule has 35 heavy (non-hydrogen) atoms. The third-order valence-corrected chi connectivity index (χ3v) is 6.20. The van der Waals surface area contributed by atoms with Crippen LogP contribution < -0.4 is 4.74 Å². The van der Waals surface area contributed by atoms with Gasteiger partial charge in [0.15, 0.2) is 11.6 Å². The van der Waals surface area contributed by atoms with Crippen LogP contribution in [0.3, 0.4) is 0 Å². The molecule has 0 aliphatic heterocycles. The largest absolute Gasteiger partial charge is 0.490 e. The zero-order valence-corrected chi connectivity index (χ0v) is 20.1. The molecule has 3 heteroatoms. The molecule has 4 aromatic carbocycles. The maximum absolute atomic E-state index is 14.7. The van der Waals surface area contributed by atoms with Gasteiger partial charge in [0, 0.05) is 5.56 Å². The molecule has 0 bridgehead atoms. The summed E-state index contributed by atoms with van der Waals surface area (Å²) in [6.07, 6.45) is 5.35. The van der Waals surface area contributed by atoms with Crippen LogP contribution in [0.25, 0.3) is 28.3 Å². The number of ether oxygens (including phenoxy) is 1. The maximum atomic E-state index is 14.7. The Kier molecular flexibility index (Phi) is 8.10.